The highest BCUT2D eigenvalue weighted by atomic mass is 16.6. The Labute approximate surface area is 131 Å². The van der Waals surface area contributed by atoms with Crippen LogP contribution in [-0.4, -0.2) is 25.5 Å². The Morgan fingerprint density at radius 2 is 2.04 bits per heavy atom. The summed E-state index contributed by atoms with van der Waals surface area (Å²) >= 11 is 0. The second kappa shape index (κ2) is 5.01. The number of anilines is 1. The predicted octanol–water partition coefficient (Wildman–Crippen LogP) is 2.21. The molecule has 1 unspecified atom stereocenters. The summed E-state index contributed by atoms with van der Waals surface area (Å²) in [7, 11) is 0. The molecule has 0 fully saturated rings. The monoisotopic (exact) mass is 311 g/mol. The number of ketones is 1. The van der Waals surface area contributed by atoms with Gasteiger partial charge in [-0.2, -0.15) is 10.1 Å². The first-order valence-electron chi connectivity index (χ1n) is 7.32. The molecule has 8 heteroatoms. The minimum Gasteiger partial charge on any atom is -0.328 e. The van der Waals surface area contributed by atoms with E-state index >= 15 is 0 Å². The highest BCUT2D eigenvalue weighted by Gasteiger charge is 2.36. The lowest BCUT2D eigenvalue weighted by atomic mass is 9.85. The Morgan fingerprint density at radius 1 is 1.26 bits per heavy atom. The summed E-state index contributed by atoms with van der Waals surface area (Å²) in [6.45, 7) is 0. The molecule has 23 heavy (non-hydrogen) atoms. The molecule has 1 aliphatic heterocycles. The van der Waals surface area contributed by atoms with Gasteiger partial charge in [0.1, 0.15) is 12.4 Å². The molecule has 8 nitrogen and oxygen atoms in total. The third kappa shape index (κ3) is 2.10. The molecule has 1 atom stereocenters. The molecule has 1 aromatic carbocycles. The number of fused-ring (bicyclic) bond motifs is 1. The topological polar surface area (TPSA) is 103 Å². The van der Waals surface area contributed by atoms with Gasteiger partial charge >= 0.3 is 0 Å². The predicted molar refractivity (Wildman–Crippen MR) is 80.8 cm³/mol. The molecule has 4 rings (SSSR count). The maximum absolute atomic E-state index is 12.5. The van der Waals surface area contributed by atoms with Gasteiger partial charge in [-0.05, 0) is 30.5 Å². The number of nitro benzene ring substituents is 1. The van der Waals surface area contributed by atoms with Gasteiger partial charge in [0.2, 0.25) is 5.95 Å². The Morgan fingerprint density at radius 3 is 2.78 bits per heavy atom. The third-order valence-electron chi connectivity index (χ3n) is 4.23. The Balaban J connectivity index is 1.85. The number of hydrogen-bond donors (Lipinski definition) is 1. The van der Waals surface area contributed by atoms with Crippen LogP contribution in [0.5, 0.6) is 0 Å². The average molecular weight is 311 g/mol. The van der Waals surface area contributed by atoms with E-state index in [9.17, 15) is 14.9 Å². The number of nitrogens with zero attached hydrogens (tertiary/aromatic N) is 4. The van der Waals surface area contributed by atoms with Gasteiger partial charge in [0.05, 0.1) is 4.92 Å². The highest BCUT2D eigenvalue weighted by molar-refractivity contribution is 5.99. The summed E-state index contributed by atoms with van der Waals surface area (Å²) in [5.74, 6) is 0.671. The molecule has 0 bridgehead atoms. The first-order chi connectivity index (χ1) is 11.1. The summed E-state index contributed by atoms with van der Waals surface area (Å²) in [6, 6.07) is 5.85. The summed E-state index contributed by atoms with van der Waals surface area (Å²) < 4.78 is 1.66. The van der Waals surface area contributed by atoms with Crippen molar-refractivity contribution in [2.75, 3.05) is 5.32 Å². The van der Waals surface area contributed by atoms with Gasteiger partial charge in [0.25, 0.3) is 5.69 Å². The van der Waals surface area contributed by atoms with Gasteiger partial charge in [0.15, 0.2) is 5.78 Å². The Kier molecular flexibility index (Phi) is 2.97. The van der Waals surface area contributed by atoms with E-state index in [1.807, 2.05) is 0 Å². The van der Waals surface area contributed by atoms with Crippen molar-refractivity contribution < 1.29 is 9.72 Å². The van der Waals surface area contributed by atoms with Crippen LogP contribution >= 0.6 is 0 Å². The molecule has 0 saturated heterocycles. The second-order valence-electron chi connectivity index (χ2n) is 5.57. The summed E-state index contributed by atoms with van der Waals surface area (Å²) in [5, 5.41) is 18.2. The molecule has 1 N–H and O–H groups in total. The van der Waals surface area contributed by atoms with Crippen LogP contribution < -0.4 is 5.32 Å². The fraction of sp³-hybridized carbons (Fsp3) is 0.267. The Bertz CT molecular complexity index is 837. The lowest BCUT2D eigenvalue weighted by Crippen LogP contribution is -2.31. The summed E-state index contributed by atoms with van der Waals surface area (Å²) in [6.07, 6.45) is 3.54. The van der Waals surface area contributed by atoms with Gasteiger partial charge < -0.3 is 5.32 Å². The van der Waals surface area contributed by atoms with Crippen LogP contribution in [0.15, 0.2) is 41.9 Å². The molecule has 0 amide bonds. The van der Waals surface area contributed by atoms with Crippen molar-refractivity contribution in [3.05, 3.63) is 57.5 Å². The first-order valence-corrected chi connectivity index (χ1v) is 7.32. The maximum Gasteiger partial charge on any atom is 0.269 e. The van der Waals surface area contributed by atoms with E-state index < -0.39 is 11.0 Å². The number of aromatic nitrogens is 3. The van der Waals surface area contributed by atoms with Crippen LogP contribution in [0, 0.1) is 10.1 Å². The molecule has 1 aliphatic carbocycles. The molecule has 1 aromatic heterocycles. The van der Waals surface area contributed by atoms with Crippen molar-refractivity contribution in [3.8, 4) is 0 Å². The molecule has 2 heterocycles. The zero-order valence-electron chi connectivity index (χ0n) is 12.1. The van der Waals surface area contributed by atoms with E-state index in [-0.39, 0.29) is 11.5 Å². The average Bonchev–Trinajstić information content (AvgIpc) is 3.01. The van der Waals surface area contributed by atoms with Crippen LogP contribution in [0.3, 0.4) is 0 Å². The molecule has 0 radical (unpaired) electrons. The smallest absolute Gasteiger partial charge is 0.269 e. The van der Waals surface area contributed by atoms with Gasteiger partial charge in [-0.1, -0.05) is 0 Å². The number of non-ortho nitro benzene ring substituents is 1. The zero-order chi connectivity index (χ0) is 16.0. The molecule has 2 aliphatic rings. The van der Waals surface area contributed by atoms with Crippen molar-refractivity contribution in [3.63, 3.8) is 0 Å². The van der Waals surface area contributed by atoms with Gasteiger partial charge in [-0.25, -0.2) is 4.68 Å². The molecular formula is C15H13N5O3. The summed E-state index contributed by atoms with van der Waals surface area (Å²) in [4.78, 5) is 27.0. The number of allylic oxidation sites excluding steroid dienone is 2. The number of carbonyl (C=O) groups is 1. The SMILES string of the molecule is O=C1CCCC2=C1C(c1ccc([N+](=O)[O-])cc1)n1ncnc1N2. The van der Waals surface area contributed by atoms with Crippen LogP contribution in [0.2, 0.25) is 0 Å². The number of Topliss-reactive ketones (excluding diaryl/α,β-unsaturated/α-hetero) is 1. The maximum atomic E-state index is 12.5. The molecule has 0 saturated carbocycles. The summed E-state index contributed by atoms with van der Waals surface area (Å²) in [5.41, 5.74) is 2.37. The fourth-order valence-corrected chi connectivity index (χ4v) is 3.18. The molecule has 0 spiro atoms. The van der Waals surface area contributed by atoms with Crippen LogP contribution in [-0.2, 0) is 4.79 Å². The third-order valence-corrected chi connectivity index (χ3v) is 4.23. The number of hydrogen-bond acceptors (Lipinski definition) is 6. The fourth-order valence-electron chi connectivity index (χ4n) is 3.18. The number of carbonyl (C=O) groups excluding carboxylic acids is 1. The van der Waals surface area contributed by atoms with Crippen LogP contribution in [0.25, 0.3) is 0 Å². The van der Waals surface area contributed by atoms with Crippen molar-refractivity contribution >= 4 is 17.4 Å². The van der Waals surface area contributed by atoms with E-state index in [1.54, 1.807) is 16.8 Å². The van der Waals surface area contributed by atoms with E-state index in [0.29, 0.717) is 17.9 Å². The largest absolute Gasteiger partial charge is 0.328 e. The highest BCUT2D eigenvalue weighted by Crippen LogP contribution is 2.39. The standard InChI is InChI=1S/C15H13N5O3/c21-12-3-1-2-11-13(12)14(19-15(18-11)16-8-17-19)9-4-6-10(7-5-9)20(22)23/h4-8,14H,1-3H2,(H,16,17,18). The number of rotatable bonds is 2. The van der Waals surface area contributed by atoms with Crippen molar-refractivity contribution in [2.24, 2.45) is 0 Å². The first kappa shape index (κ1) is 13.6. The quantitative estimate of drug-likeness (QED) is 0.673. The molecule has 116 valence electrons. The van der Waals surface area contributed by atoms with E-state index in [4.69, 9.17) is 0 Å². The van der Waals surface area contributed by atoms with E-state index in [2.05, 4.69) is 15.4 Å². The normalized spacial score (nSPS) is 19.8. The van der Waals surface area contributed by atoms with Gasteiger partial charge in [-0.3, -0.25) is 14.9 Å². The number of nitrogens with one attached hydrogen (secondary N) is 1. The van der Waals surface area contributed by atoms with Crippen LogP contribution in [0.4, 0.5) is 11.6 Å². The van der Waals surface area contributed by atoms with Gasteiger partial charge in [0, 0.05) is 29.8 Å². The minimum atomic E-state index is -0.441. The molecular weight excluding hydrogens is 298 g/mol. The molecule has 2 aromatic rings. The van der Waals surface area contributed by atoms with E-state index in [1.165, 1.54) is 18.5 Å². The van der Waals surface area contributed by atoms with Crippen molar-refractivity contribution in [1.82, 2.24) is 14.8 Å². The van der Waals surface area contributed by atoms with Crippen molar-refractivity contribution in [2.45, 2.75) is 25.3 Å². The second-order valence-corrected chi connectivity index (χ2v) is 5.57. The van der Waals surface area contributed by atoms with Crippen molar-refractivity contribution in [1.29, 1.82) is 0 Å². The van der Waals surface area contributed by atoms with Crippen LogP contribution in [0.1, 0.15) is 30.9 Å². The zero-order valence-corrected chi connectivity index (χ0v) is 12.1. The van der Waals surface area contributed by atoms with E-state index in [0.717, 1.165) is 24.1 Å². The van der Waals surface area contributed by atoms with Gasteiger partial charge in [-0.15, -0.1) is 0 Å². The number of nitro groups is 1. The number of benzene rings is 1. The Hall–Kier alpha value is -3.03. The lowest BCUT2D eigenvalue weighted by molar-refractivity contribution is -0.384. The minimum absolute atomic E-state index is 0.0191. The lowest BCUT2D eigenvalue weighted by Gasteiger charge is -2.32.